The number of nitrogens with one attached hydrogen (secondary N) is 1. The highest BCUT2D eigenvalue weighted by atomic mass is 19.4. The molecule has 0 aliphatic rings. The van der Waals surface area contributed by atoms with Gasteiger partial charge >= 0.3 is 6.18 Å². The third-order valence-electron chi connectivity index (χ3n) is 2.74. The second-order valence-electron chi connectivity index (χ2n) is 4.27. The maximum absolute atomic E-state index is 13.1. The molecule has 1 heterocycles. The van der Waals surface area contributed by atoms with E-state index >= 15 is 0 Å². The molecule has 6 heteroatoms. The Balaban J connectivity index is 2.00. The molecular weight excluding hydrogens is 272 g/mol. The first kappa shape index (κ1) is 14.5. The van der Waals surface area contributed by atoms with Gasteiger partial charge in [0.2, 0.25) is 0 Å². The highest BCUT2D eigenvalue weighted by Crippen LogP contribution is 2.31. The van der Waals surface area contributed by atoms with Crippen molar-refractivity contribution in [1.29, 1.82) is 0 Å². The smallest absolute Gasteiger partial charge is 0.309 e. The number of nitrogens with zero attached hydrogens (tertiary/aromatic N) is 1. The average Bonchev–Trinajstić information content (AvgIpc) is 2.40. The molecule has 0 unspecified atom stereocenters. The molecule has 0 amide bonds. The Kier molecular flexibility index (Phi) is 4.34. The number of aromatic nitrogens is 1. The fourth-order valence-corrected chi connectivity index (χ4v) is 1.75. The van der Waals surface area contributed by atoms with Crippen LogP contribution in [0.3, 0.4) is 0 Å². The van der Waals surface area contributed by atoms with Gasteiger partial charge in [0.15, 0.2) is 0 Å². The highest BCUT2D eigenvalue weighted by molar-refractivity contribution is 5.27. The molecule has 0 radical (unpaired) electrons. The van der Waals surface area contributed by atoms with E-state index in [1.165, 1.54) is 6.07 Å². The third-order valence-corrected chi connectivity index (χ3v) is 2.74. The Morgan fingerprint density at radius 2 is 1.60 bits per heavy atom. The van der Waals surface area contributed by atoms with Crippen LogP contribution in [0.1, 0.15) is 16.7 Å². The van der Waals surface area contributed by atoms with Crippen LogP contribution in [0.15, 0.2) is 42.7 Å². The molecule has 1 aromatic carbocycles. The Bertz CT molecular complexity index is 567. The number of benzene rings is 1. The molecule has 20 heavy (non-hydrogen) atoms. The van der Waals surface area contributed by atoms with Gasteiger partial charge in [0, 0.05) is 25.5 Å². The lowest BCUT2D eigenvalue weighted by Crippen LogP contribution is -2.14. The third kappa shape index (κ3) is 3.77. The van der Waals surface area contributed by atoms with Crippen LogP contribution in [0.25, 0.3) is 0 Å². The Labute approximate surface area is 113 Å². The molecule has 2 rings (SSSR count). The van der Waals surface area contributed by atoms with Gasteiger partial charge in [0.25, 0.3) is 0 Å². The first-order chi connectivity index (χ1) is 9.47. The van der Waals surface area contributed by atoms with E-state index in [0.717, 1.165) is 17.7 Å². The van der Waals surface area contributed by atoms with E-state index in [-0.39, 0.29) is 6.54 Å². The van der Waals surface area contributed by atoms with Crippen LogP contribution in [0.5, 0.6) is 0 Å². The monoisotopic (exact) mass is 284 g/mol. The van der Waals surface area contributed by atoms with Crippen molar-refractivity contribution in [2.75, 3.05) is 0 Å². The predicted octanol–water partition coefficient (Wildman–Crippen LogP) is 3.53. The molecule has 0 aliphatic carbocycles. The molecule has 1 N–H and O–H groups in total. The van der Waals surface area contributed by atoms with Gasteiger partial charge in [-0.1, -0.05) is 6.07 Å². The van der Waals surface area contributed by atoms with E-state index in [9.17, 15) is 17.6 Å². The molecule has 2 aromatic rings. The minimum absolute atomic E-state index is 0.228. The largest absolute Gasteiger partial charge is 0.419 e. The minimum atomic E-state index is -4.68. The van der Waals surface area contributed by atoms with Gasteiger partial charge in [0.1, 0.15) is 5.82 Å². The van der Waals surface area contributed by atoms with Crippen molar-refractivity contribution < 1.29 is 17.6 Å². The molecule has 0 aliphatic heterocycles. The van der Waals surface area contributed by atoms with Crippen molar-refractivity contribution >= 4 is 0 Å². The number of alkyl halides is 3. The maximum Gasteiger partial charge on any atom is 0.419 e. The molecule has 0 fully saturated rings. The summed E-state index contributed by atoms with van der Waals surface area (Å²) in [4.78, 5) is 3.87. The zero-order chi connectivity index (χ0) is 14.6. The quantitative estimate of drug-likeness (QED) is 0.869. The normalized spacial score (nSPS) is 11.6. The molecule has 0 bridgehead atoms. The molecule has 106 valence electrons. The van der Waals surface area contributed by atoms with E-state index in [2.05, 4.69) is 10.3 Å². The number of halogens is 4. The Morgan fingerprint density at radius 1 is 0.950 bits per heavy atom. The van der Waals surface area contributed by atoms with E-state index in [1.807, 2.05) is 0 Å². The van der Waals surface area contributed by atoms with Gasteiger partial charge < -0.3 is 5.32 Å². The molecular formula is C14H12F4N2. The molecule has 0 saturated heterocycles. The first-order valence-electron chi connectivity index (χ1n) is 5.92. The SMILES string of the molecule is Fc1ccc(CNCc2ccncc2)cc1C(F)(F)F. The van der Waals surface area contributed by atoms with Gasteiger partial charge in [0.05, 0.1) is 5.56 Å². The van der Waals surface area contributed by atoms with Crippen molar-refractivity contribution in [2.45, 2.75) is 19.3 Å². The first-order valence-corrected chi connectivity index (χ1v) is 5.92. The van der Waals surface area contributed by atoms with Gasteiger partial charge in [-0.2, -0.15) is 13.2 Å². The van der Waals surface area contributed by atoms with Gasteiger partial charge in [-0.15, -0.1) is 0 Å². The number of hydrogen-bond acceptors (Lipinski definition) is 2. The molecule has 0 atom stereocenters. The van der Waals surface area contributed by atoms with Crippen LogP contribution >= 0.6 is 0 Å². The average molecular weight is 284 g/mol. The second kappa shape index (κ2) is 6.00. The van der Waals surface area contributed by atoms with Crippen LogP contribution in [0.4, 0.5) is 17.6 Å². The zero-order valence-corrected chi connectivity index (χ0v) is 10.4. The standard InChI is InChI=1S/C14H12F4N2/c15-13-2-1-11(7-12(13)14(16,17)18)9-20-8-10-3-5-19-6-4-10/h1-7,20H,8-9H2. The van der Waals surface area contributed by atoms with Crippen LogP contribution in [0, 0.1) is 5.82 Å². The summed E-state index contributed by atoms with van der Waals surface area (Å²) in [5.41, 5.74) is 0.117. The highest BCUT2D eigenvalue weighted by Gasteiger charge is 2.34. The maximum atomic E-state index is 13.1. The van der Waals surface area contributed by atoms with Crippen molar-refractivity contribution in [3.8, 4) is 0 Å². The summed E-state index contributed by atoms with van der Waals surface area (Å²) < 4.78 is 50.8. The summed E-state index contributed by atoms with van der Waals surface area (Å²) in [6, 6.07) is 6.61. The fourth-order valence-electron chi connectivity index (χ4n) is 1.75. The molecule has 0 saturated carbocycles. The summed E-state index contributed by atoms with van der Waals surface area (Å²) >= 11 is 0. The Morgan fingerprint density at radius 3 is 2.25 bits per heavy atom. The summed E-state index contributed by atoms with van der Waals surface area (Å²) in [5, 5.41) is 3.00. The van der Waals surface area contributed by atoms with Crippen LogP contribution in [-0.2, 0) is 19.3 Å². The van der Waals surface area contributed by atoms with Crippen molar-refractivity contribution in [2.24, 2.45) is 0 Å². The second-order valence-corrected chi connectivity index (χ2v) is 4.27. The summed E-state index contributed by atoms with van der Waals surface area (Å²) in [5.74, 6) is -1.25. The lowest BCUT2D eigenvalue weighted by atomic mass is 10.1. The van der Waals surface area contributed by atoms with Gasteiger partial charge in [-0.25, -0.2) is 4.39 Å². The molecule has 1 aromatic heterocycles. The summed E-state index contributed by atoms with van der Waals surface area (Å²) in [6.45, 7) is 0.729. The number of hydrogen-bond donors (Lipinski definition) is 1. The van der Waals surface area contributed by atoms with Gasteiger partial charge in [-0.3, -0.25) is 4.98 Å². The topological polar surface area (TPSA) is 24.9 Å². The number of pyridine rings is 1. The van der Waals surface area contributed by atoms with Crippen molar-refractivity contribution in [3.05, 3.63) is 65.2 Å². The van der Waals surface area contributed by atoms with E-state index in [0.29, 0.717) is 12.1 Å². The van der Waals surface area contributed by atoms with Gasteiger partial charge in [-0.05, 0) is 35.4 Å². The minimum Gasteiger partial charge on any atom is -0.309 e. The Hall–Kier alpha value is -1.95. The summed E-state index contributed by atoms with van der Waals surface area (Å²) in [7, 11) is 0. The summed E-state index contributed by atoms with van der Waals surface area (Å²) in [6.07, 6.45) is -1.40. The lowest BCUT2D eigenvalue weighted by molar-refractivity contribution is -0.140. The van der Waals surface area contributed by atoms with Crippen LogP contribution in [-0.4, -0.2) is 4.98 Å². The fraction of sp³-hybridized carbons (Fsp3) is 0.214. The van der Waals surface area contributed by atoms with Crippen molar-refractivity contribution in [3.63, 3.8) is 0 Å². The predicted molar refractivity (Wildman–Crippen MR) is 66.2 cm³/mol. The van der Waals surface area contributed by atoms with E-state index in [1.54, 1.807) is 24.5 Å². The van der Waals surface area contributed by atoms with Crippen molar-refractivity contribution in [1.82, 2.24) is 10.3 Å². The lowest BCUT2D eigenvalue weighted by Gasteiger charge is -2.10. The van der Waals surface area contributed by atoms with Crippen LogP contribution < -0.4 is 5.32 Å². The molecule has 0 spiro atoms. The zero-order valence-electron chi connectivity index (χ0n) is 10.4. The van der Waals surface area contributed by atoms with E-state index in [4.69, 9.17) is 0 Å². The molecule has 2 nitrogen and oxygen atoms in total. The van der Waals surface area contributed by atoms with E-state index < -0.39 is 17.6 Å². The number of rotatable bonds is 4. The van der Waals surface area contributed by atoms with Crippen LogP contribution in [0.2, 0.25) is 0 Å².